The lowest BCUT2D eigenvalue weighted by molar-refractivity contribution is -0.117. The Morgan fingerprint density at radius 2 is 1.85 bits per heavy atom. The van der Waals surface area contributed by atoms with Crippen LogP contribution in [0.1, 0.15) is 41.7 Å². The molecule has 2 N–H and O–H groups in total. The molecule has 1 saturated carbocycles. The normalized spacial score (nSPS) is 14.4. The van der Waals surface area contributed by atoms with Crippen LogP contribution in [0.4, 0.5) is 5.69 Å². The molecule has 5 nitrogen and oxygen atoms in total. The second-order valence-corrected chi connectivity index (χ2v) is 7.28. The van der Waals surface area contributed by atoms with E-state index < -0.39 is 0 Å². The molecule has 1 aliphatic carbocycles. The molecule has 1 fully saturated rings. The van der Waals surface area contributed by atoms with Gasteiger partial charge in [0, 0.05) is 17.2 Å². The molecule has 6 heteroatoms. The van der Waals surface area contributed by atoms with Crippen molar-refractivity contribution in [1.29, 1.82) is 0 Å². The number of carbonyl (C=O) groups is 2. The van der Waals surface area contributed by atoms with Crippen molar-refractivity contribution in [3.63, 3.8) is 0 Å². The topological polar surface area (TPSA) is 67.4 Å². The summed E-state index contributed by atoms with van der Waals surface area (Å²) >= 11 is 3.46. The molecule has 1 aliphatic rings. The molecular weight excluding hydrogens is 396 g/mol. The Morgan fingerprint density at radius 3 is 2.42 bits per heavy atom. The van der Waals surface area contributed by atoms with Gasteiger partial charge in [0.2, 0.25) is 5.91 Å². The zero-order valence-electron chi connectivity index (χ0n) is 14.7. The number of ether oxygens (including phenoxy) is 1. The van der Waals surface area contributed by atoms with Crippen LogP contribution in [0.3, 0.4) is 0 Å². The highest BCUT2D eigenvalue weighted by molar-refractivity contribution is 9.10. The second-order valence-electron chi connectivity index (χ2n) is 6.43. The molecule has 1 atom stereocenters. The Kier molecular flexibility index (Phi) is 5.61. The Bertz CT molecular complexity index is 816. The van der Waals surface area contributed by atoms with Crippen molar-refractivity contribution in [2.24, 2.45) is 5.92 Å². The molecule has 2 amide bonds. The third-order valence-electron chi connectivity index (χ3n) is 4.39. The van der Waals surface area contributed by atoms with Gasteiger partial charge in [-0.2, -0.15) is 0 Å². The quantitative estimate of drug-likeness (QED) is 0.737. The van der Waals surface area contributed by atoms with E-state index >= 15 is 0 Å². The lowest BCUT2D eigenvalue weighted by Gasteiger charge is -2.16. The number of methoxy groups -OCH3 is 1. The van der Waals surface area contributed by atoms with Crippen molar-refractivity contribution in [2.45, 2.75) is 25.8 Å². The van der Waals surface area contributed by atoms with Crippen molar-refractivity contribution < 1.29 is 14.3 Å². The highest BCUT2D eigenvalue weighted by Gasteiger charge is 2.29. The molecule has 3 rings (SSSR count). The molecule has 0 saturated heterocycles. The molecule has 2 aromatic carbocycles. The lowest BCUT2D eigenvalue weighted by atomic mass is 10.1. The largest absolute Gasteiger partial charge is 0.496 e. The Hall–Kier alpha value is -2.34. The fourth-order valence-corrected chi connectivity index (χ4v) is 3.17. The SMILES string of the molecule is COc1ccc(C(C)NC(=O)c2ccc(NC(=O)C3CC3)cc2)cc1Br. The maximum absolute atomic E-state index is 12.5. The zero-order valence-corrected chi connectivity index (χ0v) is 16.3. The Morgan fingerprint density at radius 1 is 1.15 bits per heavy atom. The summed E-state index contributed by atoms with van der Waals surface area (Å²) in [5.41, 5.74) is 2.23. The molecule has 0 radical (unpaired) electrons. The summed E-state index contributed by atoms with van der Waals surface area (Å²) in [6.07, 6.45) is 1.93. The van der Waals surface area contributed by atoms with Crippen molar-refractivity contribution in [3.05, 3.63) is 58.1 Å². The average molecular weight is 417 g/mol. The number of carbonyl (C=O) groups excluding carboxylic acids is 2. The minimum absolute atomic E-state index is 0.0564. The number of halogens is 1. The monoisotopic (exact) mass is 416 g/mol. The van der Waals surface area contributed by atoms with Gasteiger partial charge in [0.05, 0.1) is 17.6 Å². The number of rotatable bonds is 6. The molecule has 136 valence electrons. The lowest BCUT2D eigenvalue weighted by Crippen LogP contribution is -2.26. The van der Waals surface area contributed by atoms with E-state index in [4.69, 9.17) is 4.74 Å². The van der Waals surface area contributed by atoms with Crippen molar-refractivity contribution in [2.75, 3.05) is 12.4 Å². The van der Waals surface area contributed by atoms with Crippen molar-refractivity contribution in [3.8, 4) is 5.75 Å². The fraction of sp³-hybridized carbons (Fsp3) is 0.300. The van der Waals surface area contributed by atoms with Crippen LogP contribution in [-0.4, -0.2) is 18.9 Å². The summed E-state index contributed by atoms with van der Waals surface area (Å²) in [5, 5.41) is 5.84. The van der Waals surface area contributed by atoms with Crippen molar-refractivity contribution >= 4 is 33.4 Å². The Labute approximate surface area is 161 Å². The first-order valence-electron chi connectivity index (χ1n) is 8.53. The molecular formula is C20H21BrN2O3. The van der Waals surface area contributed by atoms with Crippen LogP contribution < -0.4 is 15.4 Å². The van der Waals surface area contributed by atoms with E-state index in [1.165, 1.54) is 0 Å². The highest BCUT2D eigenvalue weighted by atomic mass is 79.9. The number of anilines is 1. The number of amides is 2. The summed E-state index contributed by atoms with van der Waals surface area (Å²) in [6.45, 7) is 1.93. The fourth-order valence-electron chi connectivity index (χ4n) is 2.61. The van der Waals surface area contributed by atoms with Crippen LogP contribution in [-0.2, 0) is 4.79 Å². The van der Waals surface area contributed by atoms with E-state index in [-0.39, 0.29) is 23.8 Å². The predicted octanol–water partition coefficient (Wildman–Crippen LogP) is 4.30. The van der Waals surface area contributed by atoms with Gasteiger partial charge in [-0.1, -0.05) is 6.07 Å². The van der Waals surface area contributed by atoms with Gasteiger partial charge in [0.1, 0.15) is 5.75 Å². The van der Waals surface area contributed by atoms with E-state index in [0.717, 1.165) is 28.6 Å². The first-order chi connectivity index (χ1) is 12.5. The predicted molar refractivity (Wildman–Crippen MR) is 104 cm³/mol. The minimum atomic E-state index is -0.162. The first-order valence-corrected chi connectivity index (χ1v) is 9.32. The summed E-state index contributed by atoms with van der Waals surface area (Å²) in [6, 6.07) is 12.5. The molecule has 2 aromatic rings. The third-order valence-corrected chi connectivity index (χ3v) is 5.01. The second kappa shape index (κ2) is 7.91. The summed E-state index contributed by atoms with van der Waals surface area (Å²) < 4.78 is 6.07. The van der Waals surface area contributed by atoms with Crippen LogP contribution in [0.5, 0.6) is 5.75 Å². The average Bonchev–Trinajstić information content (AvgIpc) is 3.47. The van der Waals surface area contributed by atoms with Crippen LogP contribution in [0, 0.1) is 5.92 Å². The third kappa shape index (κ3) is 4.43. The summed E-state index contributed by atoms with van der Waals surface area (Å²) in [4.78, 5) is 24.2. The minimum Gasteiger partial charge on any atom is -0.496 e. The van der Waals surface area contributed by atoms with Gasteiger partial charge in [-0.25, -0.2) is 0 Å². The number of benzene rings is 2. The molecule has 1 unspecified atom stereocenters. The van der Waals surface area contributed by atoms with Crippen LogP contribution in [0.2, 0.25) is 0 Å². The van der Waals surface area contributed by atoms with Gasteiger partial charge >= 0.3 is 0 Å². The highest BCUT2D eigenvalue weighted by Crippen LogP contribution is 2.30. The van der Waals surface area contributed by atoms with Crippen LogP contribution in [0.25, 0.3) is 0 Å². The number of hydrogen-bond donors (Lipinski definition) is 2. The van der Waals surface area contributed by atoms with E-state index in [9.17, 15) is 9.59 Å². The zero-order chi connectivity index (χ0) is 18.7. The Balaban J connectivity index is 1.61. The van der Waals surface area contributed by atoms with E-state index in [0.29, 0.717) is 11.3 Å². The van der Waals surface area contributed by atoms with Crippen LogP contribution in [0.15, 0.2) is 46.9 Å². The van der Waals surface area contributed by atoms with Crippen LogP contribution >= 0.6 is 15.9 Å². The molecule has 26 heavy (non-hydrogen) atoms. The van der Waals surface area contributed by atoms with Gasteiger partial charge < -0.3 is 15.4 Å². The van der Waals surface area contributed by atoms with Gasteiger partial charge in [0.25, 0.3) is 5.91 Å². The number of nitrogens with one attached hydrogen (secondary N) is 2. The van der Waals surface area contributed by atoms with Gasteiger partial charge in [-0.15, -0.1) is 0 Å². The van der Waals surface area contributed by atoms with Gasteiger partial charge in [0.15, 0.2) is 0 Å². The van der Waals surface area contributed by atoms with Crippen molar-refractivity contribution in [1.82, 2.24) is 5.32 Å². The van der Waals surface area contributed by atoms with E-state index in [2.05, 4.69) is 26.6 Å². The van der Waals surface area contributed by atoms with Gasteiger partial charge in [-0.3, -0.25) is 9.59 Å². The van der Waals surface area contributed by atoms with E-state index in [1.807, 2.05) is 25.1 Å². The smallest absolute Gasteiger partial charge is 0.251 e. The number of hydrogen-bond acceptors (Lipinski definition) is 3. The first kappa shape index (κ1) is 18.5. The molecule has 0 aliphatic heterocycles. The summed E-state index contributed by atoms with van der Waals surface area (Å²) in [7, 11) is 1.61. The molecule has 0 aromatic heterocycles. The summed E-state index contributed by atoms with van der Waals surface area (Å²) in [5.74, 6) is 0.796. The molecule has 0 spiro atoms. The molecule has 0 bridgehead atoms. The maximum atomic E-state index is 12.5. The van der Waals surface area contributed by atoms with E-state index in [1.54, 1.807) is 31.4 Å². The van der Waals surface area contributed by atoms with Gasteiger partial charge in [-0.05, 0) is 77.7 Å². The standard InChI is InChI=1S/C20H21BrN2O3/c1-12(15-7-10-18(26-2)17(21)11-15)22-19(24)14-5-8-16(9-6-14)23-20(25)13-3-4-13/h5-13H,3-4H2,1-2H3,(H,22,24)(H,23,25). The molecule has 0 heterocycles. The maximum Gasteiger partial charge on any atom is 0.251 e.